The molecule has 0 aliphatic rings. The summed E-state index contributed by atoms with van der Waals surface area (Å²) in [6.07, 6.45) is 0.295. The van der Waals surface area contributed by atoms with Crippen molar-refractivity contribution < 1.29 is 4.74 Å². The van der Waals surface area contributed by atoms with Crippen LogP contribution in [0.5, 0.6) is 0 Å². The summed E-state index contributed by atoms with van der Waals surface area (Å²) in [5.74, 6) is 0. The maximum atomic E-state index is 5.56. The van der Waals surface area contributed by atoms with Crippen molar-refractivity contribution in [3.63, 3.8) is 0 Å². The minimum atomic E-state index is 0.295. The predicted molar refractivity (Wildman–Crippen MR) is 79.8 cm³/mol. The van der Waals surface area contributed by atoms with Gasteiger partial charge in [0.2, 0.25) is 0 Å². The number of hydrogen-bond donors (Lipinski definition) is 1. The lowest BCUT2D eigenvalue weighted by molar-refractivity contribution is 0.0627. The third-order valence-corrected chi connectivity index (χ3v) is 2.85. The van der Waals surface area contributed by atoms with Crippen molar-refractivity contribution in [1.29, 1.82) is 0 Å². The summed E-state index contributed by atoms with van der Waals surface area (Å²) in [6.45, 7) is 6.69. The van der Waals surface area contributed by atoms with Crippen molar-refractivity contribution in [2.24, 2.45) is 5.73 Å². The Morgan fingerprint density at radius 1 is 1.33 bits per heavy atom. The molecule has 100 valence electrons. The largest absolute Gasteiger partial charge is 0.389 e. The molecule has 0 aromatic heterocycles. The van der Waals surface area contributed by atoms with Gasteiger partial charge in [-0.2, -0.15) is 0 Å². The highest BCUT2D eigenvalue weighted by Crippen LogP contribution is 2.06. The molecule has 0 amide bonds. The van der Waals surface area contributed by atoms with Gasteiger partial charge in [0.25, 0.3) is 0 Å². The minimum Gasteiger partial charge on any atom is -0.389 e. The lowest BCUT2D eigenvalue weighted by Gasteiger charge is -2.17. The van der Waals surface area contributed by atoms with Crippen molar-refractivity contribution in [1.82, 2.24) is 4.90 Å². The van der Waals surface area contributed by atoms with Crippen molar-refractivity contribution in [2.45, 2.75) is 26.5 Å². The quantitative estimate of drug-likeness (QED) is 0.768. The number of nitrogens with two attached hydrogens (primary N) is 1. The number of nitrogens with zero attached hydrogens (tertiary/aromatic N) is 1. The number of ether oxygens (including phenoxy) is 1. The number of thiocarbonyl (C=S) groups is 1. The normalized spacial score (nSPS) is 11.2. The van der Waals surface area contributed by atoms with Crippen LogP contribution in [0.4, 0.5) is 0 Å². The zero-order valence-corrected chi connectivity index (χ0v) is 12.2. The Hall–Kier alpha value is -0.970. The SMILES string of the molecule is CC(C)OCCN(C)Cc1ccc(C(N)=S)cc1. The van der Waals surface area contributed by atoms with E-state index >= 15 is 0 Å². The fraction of sp³-hybridized carbons (Fsp3) is 0.500. The monoisotopic (exact) mass is 266 g/mol. The van der Waals surface area contributed by atoms with Gasteiger partial charge >= 0.3 is 0 Å². The molecule has 0 aliphatic carbocycles. The van der Waals surface area contributed by atoms with Crippen molar-refractivity contribution >= 4 is 17.2 Å². The Labute approximate surface area is 115 Å². The fourth-order valence-corrected chi connectivity index (χ4v) is 1.75. The minimum absolute atomic E-state index is 0.295. The molecular formula is C14H22N2OS. The van der Waals surface area contributed by atoms with Gasteiger partial charge in [-0.05, 0) is 26.5 Å². The first-order valence-electron chi connectivity index (χ1n) is 6.18. The van der Waals surface area contributed by atoms with Crippen LogP contribution in [-0.2, 0) is 11.3 Å². The molecule has 0 fully saturated rings. The molecule has 2 N–H and O–H groups in total. The van der Waals surface area contributed by atoms with Crippen LogP contribution in [0.3, 0.4) is 0 Å². The van der Waals surface area contributed by atoms with E-state index in [0.717, 1.165) is 25.3 Å². The van der Waals surface area contributed by atoms with Crippen LogP contribution in [0.25, 0.3) is 0 Å². The van der Waals surface area contributed by atoms with Gasteiger partial charge in [0.05, 0.1) is 12.7 Å². The summed E-state index contributed by atoms with van der Waals surface area (Å²) in [4.78, 5) is 2.68. The fourth-order valence-electron chi connectivity index (χ4n) is 1.61. The first kappa shape index (κ1) is 15.1. The van der Waals surface area contributed by atoms with Crippen LogP contribution in [0, 0.1) is 0 Å². The van der Waals surface area contributed by atoms with E-state index in [4.69, 9.17) is 22.7 Å². The molecule has 0 atom stereocenters. The Kier molecular flexibility index (Phi) is 6.25. The van der Waals surface area contributed by atoms with Gasteiger partial charge in [0.15, 0.2) is 0 Å². The Balaban J connectivity index is 2.39. The molecule has 0 spiro atoms. The van der Waals surface area contributed by atoms with Crippen molar-refractivity contribution in [2.75, 3.05) is 20.2 Å². The van der Waals surface area contributed by atoms with Crippen molar-refractivity contribution in [3.8, 4) is 0 Å². The topological polar surface area (TPSA) is 38.5 Å². The maximum absolute atomic E-state index is 5.56. The number of likely N-dealkylation sites (N-methyl/N-ethyl adjacent to an activating group) is 1. The van der Waals surface area contributed by atoms with E-state index in [9.17, 15) is 0 Å². The smallest absolute Gasteiger partial charge is 0.103 e. The zero-order chi connectivity index (χ0) is 13.5. The lowest BCUT2D eigenvalue weighted by atomic mass is 10.1. The Morgan fingerprint density at radius 2 is 1.94 bits per heavy atom. The number of benzene rings is 1. The molecule has 0 saturated heterocycles. The first-order valence-corrected chi connectivity index (χ1v) is 6.58. The van der Waals surface area contributed by atoms with Gasteiger partial charge in [-0.1, -0.05) is 36.5 Å². The van der Waals surface area contributed by atoms with Crippen LogP contribution in [0.1, 0.15) is 25.0 Å². The zero-order valence-electron chi connectivity index (χ0n) is 11.3. The highest BCUT2D eigenvalue weighted by atomic mass is 32.1. The van der Waals surface area contributed by atoms with E-state index < -0.39 is 0 Å². The van der Waals surface area contributed by atoms with Gasteiger partial charge in [-0.3, -0.25) is 4.90 Å². The van der Waals surface area contributed by atoms with E-state index in [-0.39, 0.29) is 0 Å². The summed E-state index contributed by atoms with van der Waals surface area (Å²) >= 11 is 4.93. The van der Waals surface area contributed by atoms with Gasteiger partial charge < -0.3 is 10.5 Å². The molecule has 1 rings (SSSR count). The summed E-state index contributed by atoms with van der Waals surface area (Å²) in [5.41, 5.74) is 7.73. The van der Waals surface area contributed by atoms with E-state index in [1.54, 1.807) is 0 Å². The summed E-state index contributed by atoms with van der Waals surface area (Å²) < 4.78 is 5.53. The molecule has 3 nitrogen and oxygen atoms in total. The highest BCUT2D eigenvalue weighted by Gasteiger charge is 2.02. The van der Waals surface area contributed by atoms with E-state index in [0.29, 0.717) is 11.1 Å². The molecular weight excluding hydrogens is 244 g/mol. The number of hydrogen-bond acceptors (Lipinski definition) is 3. The molecule has 0 saturated carbocycles. The molecule has 18 heavy (non-hydrogen) atoms. The third kappa shape index (κ3) is 5.58. The number of rotatable bonds is 7. The van der Waals surface area contributed by atoms with Crippen LogP contribution < -0.4 is 5.73 Å². The van der Waals surface area contributed by atoms with E-state index in [2.05, 4.69) is 37.9 Å². The van der Waals surface area contributed by atoms with E-state index in [1.165, 1.54) is 5.56 Å². The molecule has 0 unspecified atom stereocenters. The van der Waals surface area contributed by atoms with E-state index in [1.807, 2.05) is 12.1 Å². The summed E-state index contributed by atoms with van der Waals surface area (Å²) in [5, 5.41) is 0. The van der Waals surface area contributed by atoms with Gasteiger partial charge in [-0.25, -0.2) is 0 Å². The molecule has 1 aromatic rings. The average Bonchev–Trinajstić information content (AvgIpc) is 2.29. The Morgan fingerprint density at radius 3 is 2.44 bits per heavy atom. The Bertz CT molecular complexity index is 376. The average molecular weight is 266 g/mol. The maximum Gasteiger partial charge on any atom is 0.103 e. The predicted octanol–water partition coefficient (Wildman–Crippen LogP) is 2.18. The molecule has 1 aromatic carbocycles. The molecule has 0 radical (unpaired) electrons. The second kappa shape index (κ2) is 7.46. The summed E-state index contributed by atoms with van der Waals surface area (Å²) in [7, 11) is 2.09. The molecule has 0 bridgehead atoms. The molecule has 0 heterocycles. The van der Waals surface area contributed by atoms with Crippen LogP contribution in [0.2, 0.25) is 0 Å². The third-order valence-electron chi connectivity index (χ3n) is 2.62. The van der Waals surface area contributed by atoms with Crippen molar-refractivity contribution in [3.05, 3.63) is 35.4 Å². The highest BCUT2D eigenvalue weighted by molar-refractivity contribution is 7.80. The second-order valence-corrected chi connectivity index (χ2v) is 5.16. The first-order chi connectivity index (χ1) is 8.49. The molecule has 4 heteroatoms. The lowest BCUT2D eigenvalue weighted by Crippen LogP contribution is -2.24. The summed E-state index contributed by atoms with van der Waals surface area (Å²) in [6, 6.07) is 8.06. The molecule has 0 aliphatic heterocycles. The van der Waals surface area contributed by atoms with Crippen LogP contribution in [-0.4, -0.2) is 36.2 Å². The van der Waals surface area contributed by atoms with Crippen LogP contribution in [0.15, 0.2) is 24.3 Å². The van der Waals surface area contributed by atoms with Gasteiger partial charge in [-0.15, -0.1) is 0 Å². The standard InChI is InChI=1S/C14H22N2OS/c1-11(2)17-9-8-16(3)10-12-4-6-13(7-5-12)14(15)18/h4-7,11H,8-10H2,1-3H3,(H2,15,18). The van der Waals surface area contributed by atoms with Gasteiger partial charge in [0.1, 0.15) is 4.99 Å². The second-order valence-electron chi connectivity index (χ2n) is 4.72. The van der Waals surface area contributed by atoms with Crippen LogP contribution >= 0.6 is 12.2 Å². The van der Waals surface area contributed by atoms with Gasteiger partial charge in [0, 0.05) is 18.7 Å².